The first-order chi connectivity index (χ1) is 8.91. The Kier molecular flexibility index (Phi) is 4.51. The highest BCUT2D eigenvalue weighted by Gasteiger charge is 2.44. The molecule has 4 N–H and O–H groups in total. The Hall–Kier alpha value is -0.610. The number of nitrogens with two attached hydrogens (primary N) is 2. The Morgan fingerprint density at radius 1 is 1.32 bits per heavy atom. The van der Waals surface area contributed by atoms with Crippen LogP contribution in [0.3, 0.4) is 0 Å². The highest BCUT2D eigenvalue weighted by molar-refractivity contribution is 5.85. The van der Waals surface area contributed by atoms with Crippen LogP contribution in [0.25, 0.3) is 0 Å². The van der Waals surface area contributed by atoms with Crippen molar-refractivity contribution < 1.29 is 4.79 Å². The molecule has 2 rings (SSSR count). The monoisotopic (exact) mass is 267 g/mol. The van der Waals surface area contributed by atoms with Crippen LogP contribution in [0.15, 0.2) is 0 Å². The Balaban J connectivity index is 1.86. The minimum Gasteiger partial charge on any atom is -0.368 e. The lowest BCUT2D eigenvalue weighted by molar-refractivity contribution is -0.124. The summed E-state index contributed by atoms with van der Waals surface area (Å²) in [6.07, 6.45) is 5.20. The number of piperidine rings is 1. The zero-order chi connectivity index (χ0) is 14.0. The van der Waals surface area contributed by atoms with Gasteiger partial charge in [-0.25, -0.2) is 0 Å². The Morgan fingerprint density at radius 3 is 2.53 bits per heavy atom. The van der Waals surface area contributed by atoms with Crippen molar-refractivity contribution in [3.05, 3.63) is 0 Å². The van der Waals surface area contributed by atoms with Crippen LogP contribution in [0.4, 0.5) is 0 Å². The molecule has 0 spiro atoms. The van der Waals surface area contributed by atoms with Crippen molar-refractivity contribution in [2.45, 2.75) is 51.5 Å². The largest absolute Gasteiger partial charge is 0.368 e. The van der Waals surface area contributed by atoms with E-state index in [1.807, 2.05) is 0 Å². The molecule has 1 saturated heterocycles. The predicted molar refractivity (Wildman–Crippen MR) is 77.5 cm³/mol. The predicted octanol–water partition coefficient (Wildman–Crippen LogP) is 1.34. The standard InChI is InChI=1S/C15H29N3O/c1-11-8-12(2)10-18(9-11)7-5-13-4-3-6-15(13,17)14(16)19/h11-13H,3-10,17H2,1-2H3,(H2,16,19). The second-order valence-corrected chi connectivity index (χ2v) is 6.99. The van der Waals surface area contributed by atoms with E-state index in [9.17, 15) is 4.79 Å². The minimum absolute atomic E-state index is 0.275. The molecule has 0 aromatic heterocycles. The lowest BCUT2D eigenvalue weighted by Gasteiger charge is -2.36. The van der Waals surface area contributed by atoms with Crippen molar-refractivity contribution in [1.29, 1.82) is 0 Å². The molecule has 1 aliphatic carbocycles. The summed E-state index contributed by atoms with van der Waals surface area (Å²) in [5.74, 6) is 1.53. The molecule has 0 radical (unpaired) electrons. The molecular weight excluding hydrogens is 238 g/mol. The maximum Gasteiger partial charge on any atom is 0.237 e. The van der Waals surface area contributed by atoms with Crippen LogP contribution >= 0.6 is 0 Å². The first-order valence-electron chi connectivity index (χ1n) is 7.73. The van der Waals surface area contributed by atoms with E-state index in [-0.39, 0.29) is 11.8 Å². The zero-order valence-corrected chi connectivity index (χ0v) is 12.4. The third kappa shape index (κ3) is 3.29. The van der Waals surface area contributed by atoms with Gasteiger partial charge in [-0.05, 0) is 50.0 Å². The van der Waals surface area contributed by atoms with E-state index in [2.05, 4.69) is 18.7 Å². The number of likely N-dealkylation sites (tertiary alicyclic amines) is 1. The van der Waals surface area contributed by atoms with Crippen molar-refractivity contribution >= 4 is 5.91 Å². The fourth-order valence-corrected chi connectivity index (χ4v) is 4.14. The van der Waals surface area contributed by atoms with Gasteiger partial charge in [0.05, 0.1) is 5.54 Å². The second kappa shape index (κ2) is 5.80. The first kappa shape index (κ1) is 14.8. The normalized spacial score (nSPS) is 40.5. The van der Waals surface area contributed by atoms with Crippen molar-refractivity contribution in [1.82, 2.24) is 4.90 Å². The Labute approximate surface area is 116 Å². The topological polar surface area (TPSA) is 72.3 Å². The van der Waals surface area contributed by atoms with Gasteiger partial charge in [-0.1, -0.05) is 20.3 Å². The Morgan fingerprint density at radius 2 is 1.95 bits per heavy atom. The van der Waals surface area contributed by atoms with Gasteiger partial charge in [0.25, 0.3) is 0 Å². The van der Waals surface area contributed by atoms with Crippen molar-refractivity contribution in [3.8, 4) is 0 Å². The summed E-state index contributed by atoms with van der Waals surface area (Å²) in [5.41, 5.74) is 11.0. The van der Waals surface area contributed by atoms with E-state index in [1.165, 1.54) is 19.5 Å². The summed E-state index contributed by atoms with van der Waals surface area (Å²) in [7, 11) is 0. The summed E-state index contributed by atoms with van der Waals surface area (Å²) in [6, 6.07) is 0. The van der Waals surface area contributed by atoms with Crippen LogP contribution in [-0.4, -0.2) is 36.0 Å². The van der Waals surface area contributed by atoms with Crippen LogP contribution in [0.5, 0.6) is 0 Å². The summed E-state index contributed by atoms with van der Waals surface area (Å²) < 4.78 is 0. The highest BCUT2D eigenvalue weighted by atomic mass is 16.1. The lowest BCUT2D eigenvalue weighted by Crippen LogP contribution is -2.55. The lowest BCUT2D eigenvalue weighted by atomic mass is 9.84. The van der Waals surface area contributed by atoms with Gasteiger partial charge in [0.15, 0.2) is 0 Å². The fraction of sp³-hybridized carbons (Fsp3) is 0.933. The summed E-state index contributed by atoms with van der Waals surface area (Å²) >= 11 is 0. The quantitative estimate of drug-likeness (QED) is 0.807. The van der Waals surface area contributed by atoms with Crippen LogP contribution in [-0.2, 0) is 4.79 Å². The van der Waals surface area contributed by atoms with Crippen LogP contribution in [0, 0.1) is 17.8 Å². The van der Waals surface area contributed by atoms with Crippen molar-refractivity contribution in [3.63, 3.8) is 0 Å². The van der Waals surface area contributed by atoms with Gasteiger partial charge in [0, 0.05) is 13.1 Å². The Bertz CT molecular complexity index is 323. The molecule has 4 heteroatoms. The minimum atomic E-state index is -0.743. The molecule has 1 saturated carbocycles. The zero-order valence-electron chi connectivity index (χ0n) is 12.4. The first-order valence-corrected chi connectivity index (χ1v) is 7.73. The smallest absolute Gasteiger partial charge is 0.237 e. The van der Waals surface area contributed by atoms with E-state index in [0.29, 0.717) is 0 Å². The molecule has 1 amide bonds. The average Bonchev–Trinajstić information content (AvgIpc) is 2.68. The molecule has 4 nitrogen and oxygen atoms in total. The molecule has 0 bridgehead atoms. The highest BCUT2D eigenvalue weighted by Crippen LogP contribution is 2.36. The number of nitrogens with zero attached hydrogens (tertiary/aromatic N) is 1. The molecule has 19 heavy (non-hydrogen) atoms. The van der Waals surface area contributed by atoms with Gasteiger partial charge in [0.1, 0.15) is 0 Å². The second-order valence-electron chi connectivity index (χ2n) is 6.99. The van der Waals surface area contributed by atoms with Gasteiger partial charge < -0.3 is 16.4 Å². The van der Waals surface area contributed by atoms with Gasteiger partial charge >= 0.3 is 0 Å². The number of carbonyl (C=O) groups is 1. The van der Waals surface area contributed by atoms with Crippen molar-refractivity contribution in [2.75, 3.05) is 19.6 Å². The van der Waals surface area contributed by atoms with E-state index in [1.54, 1.807) is 0 Å². The van der Waals surface area contributed by atoms with Crippen LogP contribution in [0.1, 0.15) is 46.0 Å². The molecule has 0 aromatic carbocycles. The van der Waals surface area contributed by atoms with E-state index in [4.69, 9.17) is 11.5 Å². The molecule has 4 atom stereocenters. The van der Waals surface area contributed by atoms with Crippen LogP contribution in [0.2, 0.25) is 0 Å². The summed E-state index contributed by atoms with van der Waals surface area (Å²) in [5, 5.41) is 0. The molecular formula is C15H29N3O. The molecule has 2 fully saturated rings. The molecule has 1 heterocycles. The number of amides is 1. The van der Waals surface area contributed by atoms with Crippen molar-refractivity contribution in [2.24, 2.45) is 29.2 Å². The number of rotatable bonds is 4. The fourth-order valence-electron chi connectivity index (χ4n) is 4.14. The van der Waals surface area contributed by atoms with Gasteiger partial charge in [0.2, 0.25) is 5.91 Å². The SMILES string of the molecule is CC1CC(C)CN(CCC2CCCC2(N)C(N)=O)C1. The van der Waals surface area contributed by atoms with Crippen LogP contribution < -0.4 is 11.5 Å². The molecule has 4 unspecified atom stereocenters. The van der Waals surface area contributed by atoms with E-state index >= 15 is 0 Å². The molecule has 110 valence electrons. The molecule has 0 aromatic rings. The maximum atomic E-state index is 11.6. The number of hydrogen-bond donors (Lipinski definition) is 2. The number of carbonyl (C=O) groups excluding carboxylic acids is 1. The third-order valence-electron chi connectivity index (χ3n) is 5.07. The van der Waals surface area contributed by atoms with E-state index in [0.717, 1.165) is 44.1 Å². The molecule has 2 aliphatic rings. The van der Waals surface area contributed by atoms with E-state index < -0.39 is 5.54 Å². The van der Waals surface area contributed by atoms with Gasteiger partial charge in [-0.2, -0.15) is 0 Å². The number of primary amides is 1. The summed E-state index contributed by atoms with van der Waals surface area (Å²) in [4.78, 5) is 14.1. The maximum absolute atomic E-state index is 11.6. The van der Waals surface area contributed by atoms with Gasteiger partial charge in [-0.15, -0.1) is 0 Å². The summed E-state index contributed by atoms with van der Waals surface area (Å²) in [6.45, 7) is 8.09. The van der Waals surface area contributed by atoms with Gasteiger partial charge in [-0.3, -0.25) is 4.79 Å². The third-order valence-corrected chi connectivity index (χ3v) is 5.07. The molecule has 1 aliphatic heterocycles. The average molecular weight is 267 g/mol. The number of hydrogen-bond acceptors (Lipinski definition) is 3.